The van der Waals surface area contributed by atoms with Crippen LogP contribution in [-0.4, -0.2) is 18.0 Å². The molecule has 2 N–H and O–H groups in total. The van der Waals surface area contributed by atoms with Crippen molar-refractivity contribution in [2.75, 3.05) is 11.9 Å². The molecule has 0 saturated carbocycles. The highest BCUT2D eigenvalue weighted by atomic mass is 16.1. The van der Waals surface area contributed by atoms with Gasteiger partial charge in [0.15, 0.2) is 0 Å². The minimum Gasteiger partial charge on any atom is -0.384 e. The second kappa shape index (κ2) is 6.60. The molecule has 0 aliphatic heterocycles. The Bertz CT molecular complexity index is 438. The first-order valence-corrected chi connectivity index (χ1v) is 7.06. The summed E-state index contributed by atoms with van der Waals surface area (Å²) in [5, 5.41) is 6.41. The van der Waals surface area contributed by atoms with Crippen LogP contribution in [0.15, 0.2) is 18.2 Å². The van der Waals surface area contributed by atoms with Gasteiger partial charge in [-0.2, -0.15) is 0 Å². The SMILES string of the molecule is CCCNc1cc(C)ccc1C(=O)NC(C)(C)CC. The molecular weight excluding hydrogens is 236 g/mol. The van der Waals surface area contributed by atoms with E-state index in [1.165, 1.54) is 0 Å². The highest BCUT2D eigenvalue weighted by Gasteiger charge is 2.20. The molecular formula is C16H26N2O. The van der Waals surface area contributed by atoms with E-state index in [0.717, 1.165) is 36.2 Å². The summed E-state index contributed by atoms with van der Waals surface area (Å²) < 4.78 is 0. The fourth-order valence-electron chi connectivity index (χ4n) is 1.73. The Labute approximate surface area is 116 Å². The molecule has 1 amide bonds. The third-order valence-electron chi connectivity index (χ3n) is 3.32. The molecule has 19 heavy (non-hydrogen) atoms. The Balaban J connectivity index is 2.95. The van der Waals surface area contributed by atoms with Gasteiger partial charge < -0.3 is 10.6 Å². The lowest BCUT2D eigenvalue weighted by Gasteiger charge is -2.25. The first-order valence-electron chi connectivity index (χ1n) is 7.06. The molecule has 0 bridgehead atoms. The van der Waals surface area contributed by atoms with Crippen LogP contribution >= 0.6 is 0 Å². The van der Waals surface area contributed by atoms with Gasteiger partial charge in [0.05, 0.1) is 5.56 Å². The van der Waals surface area contributed by atoms with Crippen LogP contribution in [0.2, 0.25) is 0 Å². The maximum absolute atomic E-state index is 12.4. The van der Waals surface area contributed by atoms with E-state index in [1.807, 2.05) is 39.0 Å². The van der Waals surface area contributed by atoms with Gasteiger partial charge in [0.2, 0.25) is 0 Å². The molecule has 0 spiro atoms. The number of carbonyl (C=O) groups excluding carboxylic acids is 1. The second-order valence-corrected chi connectivity index (χ2v) is 5.67. The molecule has 1 aromatic carbocycles. The Morgan fingerprint density at radius 3 is 2.53 bits per heavy atom. The van der Waals surface area contributed by atoms with Crippen LogP contribution in [0, 0.1) is 6.92 Å². The lowest BCUT2D eigenvalue weighted by molar-refractivity contribution is 0.0912. The third kappa shape index (κ3) is 4.58. The highest BCUT2D eigenvalue weighted by molar-refractivity contribution is 6.00. The molecule has 0 unspecified atom stereocenters. The number of carbonyl (C=O) groups is 1. The first kappa shape index (κ1) is 15.5. The zero-order valence-corrected chi connectivity index (χ0v) is 12.8. The van der Waals surface area contributed by atoms with Crippen LogP contribution in [0.4, 0.5) is 5.69 Å². The average molecular weight is 262 g/mol. The Kier molecular flexibility index (Phi) is 5.40. The fraction of sp³-hybridized carbons (Fsp3) is 0.562. The molecule has 0 saturated heterocycles. The van der Waals surface area contributed by atoms with Crippen LogP contribution in [0.25, 0.3) is 0 Å². The van der Waals surface area contributed by atoms with Crippen molar-refractivity contribution in [3.8, 4) is 0 Å². The van der Waals surface area contributed by atoms with Gasteiger partial charge in [-0.25, -0.2) is 0 Å². The zero-order valence-electron chi connectivity index (χ0n) is 12.8. The number of benzene rings is 1. The largest absolute Gasteiger partial charge is 0.384 e. The Hall–Kier alpha value is -1.51. The summed E-state index contributed by atoms with van der Waals surface area (Å²) in [6.45, 7) is 11.2. The van der Waals surface area contributed by atoms with Crippen LogP contribution in [0.3, 0.4) is 0 Å². The van der Waals surface area contributed by atoms with Gasteiger partial charge in [0.1, 0.15) is 0 Å². The molecule has 1 rings (SSSR count). The molecule has 0 aliphatic rings. The fourth-order valence-corrected chi connectivity index (χ4v) is 1.73. The van der Waals surface area contributed by atoms with E-state index in [2.05, 4.69) is 24.5 Å². The molecule has 0 radical (unpaired) electrons. The highest BCUT2D eigenvalue weighted by Crippen LogP contribution is 2.19. The predicted octanol–water partition coefficient (Wildman–Crippen LogP) is 3.74. The van der Waals surface area contributed by atoms with Crippen molar-refractivity contribution in [2.45, 2.75) is 53.0 Å². The predicted molar refractivity (Wildman–Crippen MR) is 81.8 cm³/mol. The molecule has 0 aromatic heterocycles. The van der Waals surface area contributed by atoms with E-state index in [0.29, 0.717) is 0 Å². The quantitative estimate of drug-likeness (QED) is 0.820. The van der Waals surface area contributed by atoms with E-state index >= 15 is 0 Å². The van der Waals surface area contributed by atoms with Crippen molar-refractivity contribution in [2.24, 2.45) is 0 Å². The number of rotatable bonds is 6. The van der Waals surface area contributed by atoms with Crippen molar-refractivity contribution >= 4 is 11.6 Å². The molecule has 0 heterocycles. The normalized spacial score (nSPS) is 11.2. The number of amides is 1. The summed E-state index contributed by atoms with van der Waals surface area (Å²) in [6, 6.07) is 5.91. The molecule has 3 heteroatoms. The lowest BCUT2D eigenvalue weighted by atomic mass is 10.0. The van der Waals surface area contributed by atoms with Gasteiger partial charge in [-0.15, -0.1) is 0 Å². The van der Waals surface area contributed by atoms with Crippen LogP contribution in [0.1, 0.15) is 56.5 Å². The topological polar surface area (TPSA) is 41.1 Å². The van der Waals surface area contributed by atoms with Crippen molar-refractivity contribution in [3.63, 3.8) is 0 Å². The van der Waals surface area contributed by atoms with E-state index in [1.54, 1.807) is 0 Å². The summed E-state index contributed by atoms with van der Waals surface area (Å²) >= 11 is 0. The van der Waals surface area contributed by atoms with Gasteiger partial charge in [0, 0.05) is 17.8 Å². The van der Waals surface area contributed by atoms with E-state index in [4.69, 9.17) is 0 Å². The van der Waals surface area contributed by atoms with E-state index in [-0.39, 0.29) is 11.4 Å². The molecule has 0 fully saturated rings. The third-order valence-corrected chi connectivity index (χ3v) is 3.32. The summed E-state index contributed by atoms with van der Waals surface area (Å²) in [5.74, 6) is -0.00884. The molecule has 3 nitrogen and oxygen atoms in total. The van der Waals surface area contributed by atoms with E-state index in [9.17, 15) is 4.79 Å². The van der Waals surface area contributed by atoms with Crippen LogP contribution in [0.5, 0.6) is 0 Å². The number of anilines is 1. The molecule has 0 aliphatic carbocycles. The van der Waals surface area contributed by atoms with Crippen molar-refractivity contribution in [1.29, 1.82) is 0 Å². The summed E-state index contributed by atoms with van der Waals surface area (Å²) in [4.78, 5) is 12.4. The van der Waals surface area contributed by atoms with Crippen LogP contribution < -0.4 is 10.6 Å². The van der Waals surface area contributed by atoms with Crippen molar-refractivity contribution < 1.29 is 4.79 Å². The Morgan fingerprint density at radius 2 is 1.95 bits per heavy atom. The van der Waals surface area contributed by atoms with E-state index < -0.39 is 0 Å². The standard InChI is InChI=1S/C16H26N2O/c1-6-10-17-14-11-12(3)8-9-13(14)15(19)18-16(4,5)7-2/h8-9,11,17H,6-7,10H2,1-5H3,(H,18,19). The average Bonchev–Trinajstić information content (AvgIpc) is 2.35. The smallest absolute Gasteiger partial charge is 0.253 e. The maximum atomic E-state index is 12.4. The zero-order chi connectivity index (χ0) is 14.5. The van der Waals surface area contributed by atoms with Gasteiger partial charge in [0.25, 0.3) is 5.91 Å². The summed E-state index contributed by atoms with van der Waals surface area (Å²) in [6.07, 6.45) is 1.94. The number of hydrogen-bond donors (Lipinski definition) is 2. The van der Waals surface area contributed by atoms with Crippen LogP contribution in [-0.2, 0) is 0 Å². The minimum absolute atomic E-state index is 0.00884. The summed E-state index contributed by atoms with van der Waals surface area (Å²) in [7, 11) is 0. The molecule has 106 valence electrons. The monoisotopic (exact) mass is 262 g/mol. The van der Waals surface area contributed by atoms with Crippen molar-refractivity contribution in [3.05, 3.63) is 29.3 Å². The Morgan fingerprint density at radius 1 is 1.26 bits per heavy atom. The van der Waals surface area contributed by atoms with Crippen molar-refractivity contribution in [1.82, 2.24) is 5.32 Å². The van der Waals surface area contributed by atoms with Gasteiger partial charge in [-0.1, -0.05) is 19.9 Å². The molecule has 1 aromatic rings. The summed E-state index contributed by atoms with van der Waals surface area (Å²) in [5.41, 5.74) is 2.63. The van der Waals surface area contributed by atoms with Gasteiger partial charge in [-0.05, 0) is 51.3 Å². The second-order valence-electron chi connectivity index (χ2n) is 5.67. The minimum atomic E-state index is -0.177. The number of hydrogen-bond acceptors (Lipinski definition) is 2. The lowest BCUT2D eigenvalue weighted by Crippen LogP contribution is -2.43. The molecule has 0 atom stereocenters. The first-order chi connectivity index (χ1) is 8.89. The van der Waals surface area contributed by atoms with Gasteiger partial charge >= 0.3 is 0 Å². The number of nitrogens with one attached hydrogen (secondary N) is 2. The van der Waals surface area contributed by atoms with Gasteiger partial charge in [-0.3, -0.25) is 4.79 Å². The number of aryl methyl sites for hydroxylation is 1. The maximum Gasteiger partial charge on any atom is 0.253 e.